The van der Waals surface area contributed by atoms with Crippen LogP contribution in [-0.2, 0) is 9.05 Å². The van der Waals surface area contributed by atoms with E-state index in [0.717, 1.165) is 0 Å². The summed E-state index contributed by atoms with van der Waals surface area (Å²) in [5.74, 6) is -0.153. The molecule has 4 nitrogen and oxygen atoms in total. The van der Waals surface area contributed by atoms with Crippen molar-refractivity contribution in [3.8, 4) is 0 Å². The summed E-state index contributed by atoms with van der Waals surface area (Å²) in [6.07, 6.45) is -2.27. The van der Waals surface area contributed by atoms with Gasteiger partial charge in [0.2, 0.25) is 0 Å². The monoisotopic (exact) mass is 368 g/mol. The second kappa shape index (κ2) is 4.34. The number of nitrogens with two attached hydrogens (primary N) is 1. The van der Waals surface area contributed by atoms with Gasteiger partial charge in [-0.3, -0.25) is 0 Å². The molecule has 2 N–H and O–H groups in total. The van der Waals surface area contributed by atoms with E-state index in [1.54, 1.807) is 0 Å². The maximum absolute atomic E-state index is 12.5. The van der Waals surface area contributed by atoms with Crippen LogP contribution >= 0.6 is 33.3 Å². The summed E-state index contributed by atoms with van der Waals surface area (Å²) in [4.78, 5) is 2.77. The summed E-state index contributed by atoms with van der Waals surface area (Å²) < 4.78 is 47.0. The molecule has 1 aromatic heterocycles. The maximum atomic E-state index is 12.5. The van der Waals surface area contributed by atoms with E-state index >= 15 is 0 Å². The second-order valence-corrected chi connectivity index (χ2v) is 6.06. The molecule has 0 bridgehead atoms. The van der Waals surface area contributed by atoms with Crippen molar-refractivity contribution in [1.29, 1.82) is 0 Å². The van der Waals surface area contributed by atoms with Crippen LogP contribution in [0.25, 0.3) is 0 Å². The lowest BCUT2D eigenvalue weighted by atomic mass is 10.3. The topological polar surface area (TPSA) is 73.0 Å². The average molecular weight is 369 g/mol. The van der Waals surface area contributed by atoms with Gasteiger partial charge in [0, 0.05) is 16.9 Å². The number of nitrogen functional groups attached to an aromatic ring is 1. The van der Waals surface area contributed by atoms with Crippen molar-refractivity contribution < 1.29 is 17.2 Å². The van der Waals surface area contributed by atoms with Crippen LogP contribution in [0.1, 0.15) is 12.0 Å². The first-order valence-electron chi connectivity index (χ1n) is 3.42. The third kappa shape index (κ3) is 2.67. The number of aromatic nitrogens is 1. The molecule has 0 saturated heterocycles. The molecule has 0 aliphatic rings. The zero-order chi connectivity index (χ0) is 11.8. The Bertz CT molecular complexity index is 494. The Morgan fingerprint density at radius 1 is 1.53 bits per heavy atom. The van der Waals surface area contributed by atoms with Crippen molar-refractivity contribution >= 4 is 48.1 Å². The van der Waals surface area contributed by atoms with Crippen LogP contribution in [0.2, 0.25) is 0 Å². The molecule has 0 spiro atoms. The van der Waals surface area contributed by atoms with E-state index in [4.69, 9.17) is 16.4 Å². The Labute approximate surface area is 102 Å². The third-order valence-corrected chi connectivity index (χ3v) is 4.36. The first-order chi connectivity index (χ1) is 6.75. The number of nitrogens with zero attached hydrogens (tertiary/aromatic N) is 1. The molecule has 1 rings (SSSR count). The van der Waals surface area contributed by atoms with E-state index in [-0.39, 0.29) is 9.39 Å². The van der Waals surface area contributed by atoms with Gasteiger partial charge in [-0.1, -0.05) is 0 Å². The molecular weight excluding hydrogens is 364 g/mol. The molecule has 15 heavy (non-hydrogen) atoms. The van der Waals surface area contributed by atoms with Gasteiger partial charge in [0.25, 0.3) is 15.5 Å². The summed E-state index contributed by atoms with van der Waals surface area (Å²) >= 11 is 1.50. The SMILES string of the molecule is Nc1ncc(C(F)F)c(S(=O)(=O)Cl)c1I. The van der Waals surface area contributed by atoms with E-state index in [1.165, 1.54) is 22.6 Å². The quantitative estimate of drug-likeness (QED) is 0.641. The summed E-state index contributed by atoms with van der Waals surface area (Å²) in [5.41, 5.74) is 4.55. The Balaban J connectivity index is 3.65. The first-order valence-corrected chi connectivity index (χ1v) is 6.80. The van der Waals surface area contributed by atoms with E-state index in [0.29, 0.717) is 6.20 Å². The first kappa shape index (κ1) is 12.8. The maximum Gasteiger partial charge on any atom is 0.266 e. The Morgan fingerprint density at radius 3 is 2.47 bits per heavy atom. The molecule has 0 saturated carbocycles. The van der Waals surface area contributed by atoms with Crippen molar-refractivity contribution in [2.24, 2.45) is 0 Å². The fraction of sp³-hybridized carbons (Fsp3) is 0.167. The van der Waals surface area contributed by atoms with Gasteiger partial charge in [-0.05, 0) is 22.6 Å². The van der Waals surface area contributed by atoms with Crippen LogP contribution in [-0.4, -0.2) is 13.4 Å². The number of hydrogen-bond acceptors (Lipinski definition) is 4. The molecule has 0 fully saturated rings. The molecule has 0 unspecified atom stereocenters. The van der Waals surface area contributed by atoms with Crippen molar-refractivity contribution in [3.63, 3.8) is 0 Å². The van der Waals surface area contributed by atoms with Gasteiger partial charge in [0.1, 0.15) is 10.7 Å². The fourth-order valence-electron chi connectivity index (χ4n) is 0.901. The smallest absolute Gasteiger partial charge is 0.266 e. The van der Waals surface area contributed by atoms with Crippen molar-refractivity contribution in [1.82, 2.24) is 4.98 Å². The fourth-order valence-corrected chi connectivity index (χ4v) is 3.85. The molecule has 0 amide bonds. The number of pyridine rings is 1. The summed E-state index contributed by atoms with van der Waals surface area (Å²) in [7, 11) is 0.769. The van der Waals surface area contributed by atoms with Crippen LogP contribution in [0, 0.1) is 3.57 Å². The van der Waals surface area contributed by atoms with Gasteiger partial charge in [0.05, 0.1) is 9.13 Å². The lowest BCUT2D eigenvalue weighted by Crippen LogP contribution is -2.06. The highest BCUT2D eigenvalue weighted by molar-refractivity contribution is 14.1. The summed E-state index contributed by atoms with van der Waals surface area (Å²) in [5, 5.41) is 0. The van der Waals surface area contributed by atoms with Crippen LogP contribution in [0.3, 0.4) is 0 Å². The Kier molecular flexibility index (Phi) is 3.71. The highest BCUT2D eigenvalue weighted by atomic mass is 127. The van der Waals surface area contributed by atoms with Gasteiger partial charge in [0.15, 0.2) is 0 Å². The van der Waals surface area contributed by atoms with Crippen molar-refractivity contribution in [3.05, 3.63) is 15.3 Å². The summed E-state index contributed by atoms with van der Waals surface area (Å²) in [6.45, 7) is 0. The molecule has 84 valence electrons. The molecule has 1 aromatic rings. The molecule has 0 radical (unpaired) electrons. The molecule has 0 aliphatic heterocycles. The highest BCUT2D eigenvalue weighted by Gasteiger charge is 2.26. The summed E-state index contributed by atoms with van der Waals surface area (Å²) in [6, 6.07) is 0. The zero-order valence-electron chi connectivity index (χ0n) is 6.92. The molecule has 0 aliphatic carbocycles. The Morgan fingerprint density at radius 2 is 2.07 bits per heavy atom. The molecule has 1 heterocycles. The minimum atomic E-state index is -4.27. The van der Waals surface area contributed by atoms with Gasteiger partial charge in [-0.2, -0.15) is 0 Å². The lowest BCUT2D eigenvalue weighted by molar-refractivity contribution is 0.147. The van der Waals surface area contributed by atoms with E-state index in [2.05, 4.69) is 4.98 Å². The normalized spacial score (nSPS) is 12.1. The molecule has 0 aromatic carbocycles. The molecular formula is C6H4ClF2IN2O2S. The van der Waals surface area contributed by atoms with Gasteiger partial charge in [-0.25, -0.2) is 22.2 Å². The number of halogens is 4. The van der Waals surface area contributed by atoms with Crippen LogP contribution in [0.15, 0.2) is 11.1 Å². The van der Waals surface area contributed by atoms with Crippen LogP contribution < -0.4 is 5.73 Å². The standard InChI is InChI=1S/C6H4ClF2IN2O2S/c7-15(13,14)4-2(5(8)9)1-12-6(11)3(4)10/h1,5H,(H2,11,12). The minimum absolute atomic E-state index is 0.0969. The number of rotatable bonds is 2. The third-order valence-electron chi connectivity index (χ3n) is 1.51. The minimum Gasteiger partial charge on any atom is -0.383 e. The average Bonchev–Trinajstić information content (AvgIpc) is 2.06. The van der Waals surface area contributed by atoms with Gasteiger partial charge >= 0.3 is 0 Å². The van der Waals surface area contributed by atoms with E-state index in [1.807, 2.05) is 0 Å². The molecule has 9 heteroatoms. The number of alkyl halides is 2. The van der Waals surface area contributed by atoms with Crippen LogP contribution in [0.4, 0.5) is 14.6 Å². The molecule has 0 atom stereocenters. The second-order valence-electron chi connectivity index (χ2n) is 2.48. The highest BCUT2D eigenvalue weighted by Crippen LogP contribution is 2.33. The van der Waals surface area contributed by atoms with E-state index in [9.17, 15) is 17.2 Å². The van der Waals surface area contributed by atoms with Crippen molar-refractivity contribution in [2.45, 2.75) is 11.3 Å². The number of anilines is 1. The number of hydrogen-bond donors (Lipinski definition) is 1. The van der Waals surface area contributed by atoms with Gasteiger partial charge < -0.3 is 5.73 Å². The van der Waals surface area contributed by atoms with Crippen molar-refractivity contribution in [2.75, 3.05) is 5.73 Å². The predicted octanol–water partition coefficient (Wildman–Crippen LogP) is 2.13. The zero-order valence-corrected chi connectivity index (χ0v) is 10.6. The van der Waals surface area contributed by atoms with E-state index < -0.39 is 25.9 Å². The lowest BCUT2D eigenvalue weighted by Gasteiger charge is -2.08. The Hall–Kier alpha value is -0.220. The largest absolute Gasteiger partial charge is 0.383 e. The van der Waals surface area contributed by atoms with Gasteiger partial charge in [-0.15, -0.1) is 0 Å². The predicted molar refractivity (Wildman–Crippen MR) is 59.4 cm³/mol. The van der Waals surface area contributed by atoms with Crippen LogP contribution in [0.5, 0.6) is 0 Å².